The molecule has 236 valence electrons. The third-order valence-corrected chi connectivity index (χ3v) is 5.65. The Hall–Kier alpha value is -4.76. The zero-order valence-corrected chi connectivity index (χ0v) is 22.7. The van der Waals surface area contributed by atoms with E-state index in [1.54, 1.807) is 12.1 Å². The van der Waals surface area contributed by atoms with Crippen LogP contribution in [-0.2, 0) is 16.1 Å². The quantitative estimate of drug-likeness (QED) is 0.193. The van der Waals surface area contributed by atoms with Crippen LogP contribution in [0.1, 0.15) is 39.1 Å². The Labute approximate surface area is 245 Å². The van der Waals surface area contributed by atoms with Gasteiger partial charge in [-0.2, -0.15) is 26.3 Å². The first kappa shape index (κ1) is 35.4. The second-order valence-corrected chi connectivity index (χ2v) is 8.97. The van der Waals surface area contributed by atoms with Crippen molar-refractivity contribution < 1.29 is 60.5 Å². The lowest BCUT2D eigenvalue weighted by atomic mass is 9.90. The van der Waals surface area contributed by atoms with Crippen molar-refractivity contribution in [2.75, 3.05) is 13.1 Å². The van der Waals surface area contributed by atoms with Crippen LogP contribution in [0.4, 0.5) is 26.3 Å². The first-order chi connectivity index (χ1) is 20.5. The van der Waals surface area contributed by atoms with E-state index in [0.717, 1.165) is 42.3 Å². The molecule has 0 spiro atoms. The van der Waals surface area contributed by atoms with E-state index in [-0.39, 0.29) is 17.3 Å². The lowest BCUT2D eigenvalue weighted by Gasteiger charge is -2.17. The fourth-order valence-corrected chi connectivity index (χ4v) is 3.53. The average Bonchev–Trinajstić information content (AvgIpc) is 2.95. The maximum absolute atomic E-state index is 12.9. The van der Waals surface area contributed by atoms with E-state index in [1.807, 2.05) is 48.5 Å². The van der Waals surface area contributed by atoms with Crippen molar-refractivity contribution in [1.82, 2.24) is 5.32 Å². The zero-order chi connectivity index (χ0) is 33.1. The summed E-state index contributed by atoms with van der Waals surface area (Å²) in [5, 5.41) is 19.5. The number of rotatable bonds is 8. The maximum atomic E-state index is 12.9. The van der Waals surface area contributed by atoms with Gasteiger partial charge in [-0.05, 0) is 66.5 Å². The Morgan fingerprint density at radius 1 is 0.795 bits per heavy atom. The zero-order valence-electron chi connectivity index (χ0n) is 22.7. The first-order valence-electron chi connectivity index (χ1n) is 12.7. The van der Waals surface area contributed by atoms with Crippen LogP contribution in [0.2, 0.25) is 0 Å². The van der Waals surface area contributed by atoms with Crippen LogP contribution >= 0.6 is 0 Å². The van der Waals surface area contributed by atoms with E-state index in [9.17, 15) is 35.9 Å². The smallest absolute Gasteiger partial charge is 0.475 e. The third kappa shape index (κ3) is 10.8. The van der Waals surface area contributed by atoms with Crippen molar-refractivity contribution in [3.8, 4) is 5.75 Å². The van der Waals surface area contributed by atoms with E-state index in [0.29, 0.717) is 23.4 Å². The number of ketones is 2. The highest BCUT2D eigenvalue weighted by atomic mass is 19.4. The van der Waals surface area contributed by atoms with Gasteiger partial charge in [-0.3, -0.25) is 9.59 Å². The number of carboxylic acids is 2. The number of ether oxygens (including phenoxy) is 1. The van der Waals surface area contributed by atoms with Crippen molar-refractivity contribution in [2.24, 2.45) is 5.73 Å². The molecular weight excluding hydrogens is 602 g/mol. The molecule has 3 aromatic carbocycles. The second kappa shape index (κ2) is 15.6. The molecule has 1 aliphatic carbocycles. The number of allylic oxidation sites excluding steroid dienone is 2. The summed E-state index contributed by atoms with van der Waals surface area (Å²) < 4.78 is 69.2. The van der Waals surface area contributed by atoms with Gasteiger partial charge in [0.15, 0.2) is 11.5 Å². The summed E-state index contributed by atoms with van der Waals surface area (Å²) in [6, 6.07) is 18.7. The molecule has 5 N–H and O–H groups in total. The van der Waals surface area contributed by atoms with Gasteiger partial charge in [0, 0.05) is 23.7 Å². The fraction of sp³-hybridized carbons (Fsp3) is 0.241. The van der Waals surface area contributed by atoms with E-state index >= 15 is 0 Å². The summed E-state index contributed by atoms with van der Waals surface area (Å²) in [4.78, 5) is 43.3. The van der Waals surface area contributed by atoms with Crippen LogP contribution in [0.15, 0.2) is 72.5 Å². The number of carbonyl (C=O) groups excluding carboxylic acids is 2. The predicted molar refractivity (Wildman–Crippen MR) is 145 cm³/mol. The Morgan fingerprint density at radius 2 is 1.30 bits per heavy atom. The molecule has 0 atom stereocenters. The molecule has 0 bridgehead atoms. The van der Waals surface area contributed by atoms with Crippen molar-refractivity contribution in [2.45, 2.75) is 31.7 Å². The van der Waals surface area contributed by atoms with E-state index < -0.39 is 24.3 Å². The topological polar surface area (TPSA) is 156 Å². The molecular formula is C29H26F6N2O7. The summed E-state index contributed by atoms with van der Waals surface area (Å²) in [6.45, 7) is 2.39. The summed E-state index contributed by atoms with van der Waals surface area (Å²) >= 11 is 0. The summed E-state index contributed by atoms with van der Waals surface area (Å²) in [7, 11) is 0. The molecule has 0 amide bonds. The van der Waals surface area contributed by atoms with Gasteiger partial charge in [0.05, 0.1) is 0 Å². The van der Waals surface area contributed by atoms with Gasteiger partial charge in [-0.25, -0.2) is 9.59 Å². The minimum Gasteiger partial charge on any atom is -0.475 e. The van der Waals surface area contributed by atoms with Gasteiger partial charge < -0.3 is 26.0 Å². The van der Waals surface area contributed by atoms with Gasteiger partial charge in [0.1, 0.15) is 5.75 Å². The van der Waals surface area contributed by atoms with Gasteiger partial charge in [0.25, 0.3) is 0 Å². The minimum atomic E-state index is -5.08. The molecule has 1 aliphatic rings. The molecule has 0 radical (unpaired) electrons. The summed E-state index contributed by atoms with van der Waals surface area (Å²) in [5.41, 5.74) is 7.41. The predicted octanol–water partition coefficient (Wildman–Crippen LogP) is 5.28. The lowest BCUT2D eigenvalue weighted by molar-refractivity contribution is -0.193. The normalized spacial score (nSPS) is 12.7. The standard InChI is InChI=1S/C25H24N2O3.2C2HF3O2/c26-11-3-4-12-27-16-17-7-9-20(10-8-17)30-24-15-23(28)21-13-18-5-1-2-6-19(18)14-22(21)25(24)29;2*3-2(4,5)1(6)7/h1-2,5-10,13-15,27H,3-4,11-12,16,26H2;2*(H,6,7). The highest BCUT2D eigenvalue weighted by Crippen LogP contribution is 2.28. The number of benzene rings is 3. The minimum absolute atomic E-state index is 0.0513. The average molecular weight is 629 g/mol. The number of alkyl halides is 6. The molecule has 3 aromatic rings. The highest BCUT2D eigenvalue weighted by Gasteiger charge is 2.39. The molecule has 0 saturated carbocycles. The van der Waals surface area contributed by atoms with Crippen LogP contribution < -0.4 is 15.8 Å². The van der Waals surface area contributed by atoms with Gasteiger partial charge in [-0.15, -0.1) is 0 Å². The lowest BCUT2D eigenvalue weighted by Crippen LogP contribution is -2.21. The largest absolute Gasteiger partial charge is 0.490 e. The number of carbonyl (C=O) groups is 4. The van der Waals surface area contributed by atoms with Crippen LogP contribution in [0.5, 0.6) is 5.75 Å². The van der Waals surface area contributed by atoms with Crippen LogP contribution in [0, 0.1) is 0 Å². The first-order valence-corrected chi connectivity index (χ1v) is 12.7. The Balaban J connectivity index is 0.000000402. The number of nitrogens with two attached hydrogens (primary N) is 1. The molecule has 9 nitrogen and oxygen atoms in total. The van der Waals surface area contributed by atoms with Crippen molar-refractivity contribution >= 4 is 34.3 Å². The monoisotopic (exact) mass is 628 g/mol. The van der Waals surface area contributed by atoms with Gasteiger partial charge in [-0.1, -0.05) is 36.4 Å². The molecule has 0 saturated heterocycles. The number of unbranched alkanes of at least 4 members (excludes halogenated alkanes) is 1. The maximum Gasteiger partial charge on any atom is 0.490 e. The molecule has 0 unspecified atom stereocenters. The summed E-state index contributed by atoms with van der Waals surface area (Å²) in [5.74, 6) is -5.43. The number of aliphatic carboxylic acids is 2. The molecule has 15 heteroatoms. The highest BCUT2D eigenvalue weighted by molar-refractivity contribution is 6.25. The Kier molecular flexibility index (Phi) is 12.6. The number of halogens is 6. The summed E-state index contributed by atoms with van der Waals surface area (Å²) in [6.07, 6.45) is -6.81. The number of hydrogen-bond acceptors (Lipinski definition) is 7. The van der Waals surface area contributed by atoms with Gasteiger partial charge >= 0.3 is 24.3 Å². The number of carboxylic acid groups (broad SMARTS) is 2. The number of fused-ring (bicyclic) bond motifs is 2. The third-order valence-electron chi connectivity index (χ3n) is 5.65. The molecule has 44 heavy (non-hydrogen) atoms. The van der Waals surface area contributed by atoms with E-state index in [2.05, 4.69) is 5.32 Å². The van der Waals surface area contributed by atoms with Crippen molar-refractivity contribution in [3.05, 3.63) is 89.2 Å². The van der Waals surface area contributed by atoms with Crippen LogP contribution in [0.25, 0.3) is 10.8 Å². The fourth-order valence-electron chi connectivity index (χ4n) is 3.53. The molecule has 0 heterocycles. The van der Waals surface area contributed by atoms with Crippen molar-refractivity contribution in [1.29, 1.82) is 0 Å². The second-order valence-electron chi connectivity index (χ2n) is 8.97. The van der Waals surface area contributed by atoms with Gasteiger partial charge in [0.2, 0.25) is 5.78 Å². The van der Waals surface area contributed by atoms with Crippen molar-refractivity contribution in [3.63, 3.8) is 0 Å². The number of hydrogen-bond donors (Lipinski definition) is 4. The van der Waals surface area contributed by atoms with Crippen LogP contribution in [0.3, 0.4) is 0 Å². The molecule has 0 fully saturated rings. The Bertz CT molecular complexity index is 1490. The Morgan fingerprint density at radius 3 is 1.77 bits per heavy atom. The molecule has 4 rings (SSSR count). The van der Waals surface area contributed by atoms with E-state index in [1.165, 1.54) is 6.08 Å². The molecule has 0 aliphatic heterocycles. The number of nitrogens with one attached hydrogen (secondary N) is 1. The SMILES string of the molecule is NCCCCNCc1ccc(OC2=CC(=O)c3cc4ccccc4cc3C2=O)cc1.O=C(O)C(F)(F)F.O=C(O)C(F)(F)F. The molecule has 0 aromatic heterocycles. The number of Topliss-reactive ketones (excluding diaryl/α,β-unsaturated/α-hetero) is 1. The van der Waals surface area contributed by atoms with E-state index in [4.69, 9.17) is 30.3 Å². The van der Waals surface area contributed by atoms with Crippen LogP contribution in [-0.4, -0.2) is 59.2 Å².